The van der Waals surface area contributed by atoms with Gasteiger partial charge in [-0.3, -0.25) is 0 Å². The van der Waals surface area contributed by atoms with Gasteiger partial charge in [0.1, 0.15) is 5.75 Å². The maximum absolute atomic E-state index is 10.4. The van der Waals surface area contributed by atoms with Crippen molar-refractivity contribution in [2.45, 2.75) is 57.5 Å². The summed E-state index contributed by atoms with van der Waals surface area (Å²) in [5, 5.41) is 10.4. The van der Waals surface area contributed by atoms with Crippen LogP contribution in [0.15, 0.2) is 18.2 Å². The van der Waals surface area contributed by atoms with Gasteiger partial charge in [0, 0.05) is 0 Å². The number of methoxy groups -OCH3 is 1. The van der Waals surface area contributed by atoms with Crippen molar-refractivity contribution in [3.05, 3.63) is 29.3 Å². The summed E-state index contributed by atoms with van der Waals surface area (Å²) >= 11 is 0. The summed E-state index contributed by atoms with van der Waals surface area (Å²) in [5.41, 5.74) is 3.25. The number of aliphatic hydroxyl groups is 1. The van der Waals surface area contributed by atoms with Crippen LogP contribution in [0.3, 0.4) is 0 Å². The molecule has 0 saturated heterocycles. The monoisotopic (exact) mass is 286 g/mol. The highest BCUT2D eigenvalue weighted by Crippen LogP contribution is 2.60. The maximum Gasteiger partial charge on any atom is 0.119 e. The second-order valence-electron chi connectivity index (χ2n) is 7.62. The van der Waals surface area contributed by atoms with Gasteiger partial charge in [-0.2, -0.15) is 0 Å². The van der Waals surface area contributed by atoms with E-state index in [2.05, 4.69) is 25.1 Å². The Morgan fingerprint density at radius 3 is 2.86 bits per heavy atom. The third-order valence-corrected chi connectivity index (χ3v) is 6.88. The lowest BCUT2D eigenvalue weighted by Gasteiger charge is -2.50. The van der Waals surface area contributed by atoms with Gasteiger partial charge in [-0.25, -0.2) is 0 Å². The van der Waals surface area contributed by atoms with Gasteiger partial charge in [0.15, 0.2) is 0 Å². The standard InChI is InChI=1S/C19H26O2/c1-19-10-9-15-14-6-4-13(21-2)11-12(14)3-5-16(15)17(19)7-8-18(19)20/h4,6,11,15-18,20H,3,5,7-10H2,1-2H3/t15?,16-,17?,18+,19+/m0/s1. The molecule has 2 unspecified atom stereocenters. The van der Waals surface area contributed by atoms with E-state index in [0.29, 0.717) is 5.92 Å². The highest BCUT2D eigenvalue weighted by atomic mass is 16.5. The Balaban J connectivity index is 1.68. The van der Waals surface area contributed by atoms with Crippen molar-refractivity contribution in [3.8, 4) is 5.75 Å². The number of hydrogen-bond acceptors (Lipinski definition) is 2. The van der Waals surface area contributed by atoms with Gasteiger partial charge in [-0.15, -0.1) is 0 Å². The summed E-state index contributed by atoms with van der Waals surface area (Å²) < 4.78 is 5.38. The van der Waals surface area contributed by atoms with Gasteiger partial charge in [0.2, 0.25) is 0 Å². The molecule has 1 aromatic rings. The molecule has 0 aromatic heterocycles. The van der Waals surface area contributed by atoms with Gasteiger partial charge in [0.25, 0.3) is 0 Å². The van der Waals surface area contributed by atoms with Gasteiger partial charge >= 0.3 is 0 Å². The lowest BCUT2D eigenvalue weighted by atomic mass is 9.55. The molecule has 2 heteroatoms. The molecule has 0 amide bonds. The number of fused-ring (bicyclic) bond motifs is 5. The van der Waals surface area contributed by atoms with Crippen molar-refractivity contribution in [1.29, 1.82) is 0 Å². The third-order valence-electron chi connectivity index (χ3n) is 6.88. The zero-order valence-electron chi connectivity index (χ0n) is 13.1. The summed E-state index contributed by atoms with van der Waals surface area (Å²) in [7, 11) is 1.75. The smallest absolute Gasteiger partial charge is 0.119 e. The molecule has 3 aliphatic carbocycles. The quantitative estimate of drug-likeness (QED) is 0.848. The zero-order valence-corrected chi connectivity index (χ0v) is 13.1. The first kappa shape index (κ1) is 13.6. The number of aryl methyl sites for hydroxylation is 1. The highest BCUT2D eigenvalue weighted by molar-refractivity contribution is 5.40. The molecule has 0 spiro atoms. The number of rotatable bonds is 1. The molecular weight excluding hydrogens is 260 g/mol. The Kier molecular flexibility index (Phi) is 3.08. The van der Waals surface area contributed by atoms with E-state index in [4.69, 9.17) is 4.74 Å². The zero-order chi connectivity index (χ0) is 14.6. The van der Waals surface area contributed by atoms with Crippen LogP contribution in [-0.4, -0.2) is 18.3 Å². The van der Waals surface area contributed by atoms with Crippen LogP contribution in [-0.2, 0) is 6.42 Å². The number of aliphatic hydroxyl groups excluding tert-OH is 1. The van der Waals surface area contributed by atoms with E-state index < -0.39 is 0 Å². The van der Waals surface area contributed by atoms with Gasteiger partial charge in [-0.1, -0.05) is 13.0 Å². The number of hydrogen-bond donors (Lipinski definition) is 1. The fraction of sp³-hybridized carbons (Fsp3) is 0.684. The van der Waals surface area contributed by atoms with Crippen molar-refractivity contribution in [2.24, 2.45) is 17.3 Å². The SMILES string of the molecule is COc1ccc2c(c1)CC[C@H]1C2CC[C@]2(C)C1CC[C@H]2O. The molecule has 2 fully saturated rings. The van der Waals surface area contributed by atoms with Crippen LogP contribution < -0.4 is 4.74 Å². The first-order valence-electron chi connectivity index (χ1n) is 8.48. The Morgan fingerprint density at radius 2 is 2.05 bits per heavy atom. The fourth-order valence-corrected chi connectivity index (χ4v) is 5.66. The topological polar surface area (TPSA) is 29.5 Å². The average molecular weight is 286 g/mol. The second kappa shape index (κ2) is 4.74. The summed E-state index contributed by atoms with van der Waals surface area (Å²) in [6, 6.07) is 6.67. The molecule has 0 radical (unpaired) electrons. The van der Waals surface area contributed by atoms with Crippen molar-refractivity contribution in [2.75, 3.05) is 7.11 Å². The second-order valence-corrected chi connectivity index (χ2v) is 7.62. The number of ether oxygens (including phenoxy) is 1. The van der Waals surface area contributed by atoms with Crippen LogP contribution in [0, 0.1) is 17.3 Å². The minimum atomic E-state index is -0.0688. The predicted octanol–water partition coefficient (Wildman–Crippen LogP) is 3.91. The summed E-state index contributed by atoms with van der Waals surface area (Å²) in [6.45, 7) is 2.34. The van der Waals surface area contributed by atoms with Crippen LogP contribution in [0.1, 0.15) is 56.1 Å². The Morgan fingerprint density at radius 1 is 1.19 bits per heavy atom. The molecule has 1 aromatic carbocycles. The van der Waals surface area contributed by atoms with Crippen LogP contribution in [0.4, 0.5) is 0 Å². The van der Waals surface area contributed by atoms with E-state index >= 15 is 0 Å². The molecule has 2 nitrogen and oxygen atoms in total. The van der Waals surface area contributed by atoms with E-state index in [-0.39, 0.29) is 11.5 Å². The van der Waals surface area contributed by atoms with Crippen molar-refractivity contribution in [3.63, 3.8) is 0 Å². The number of benzene rings is 1. The first-order valence-corrected chi connectivity index (χ1v) is 8.48. The molecule has 21 heavy (non-hydrogen) atoms. The maximum atomic E-state index is 10.4. The summed E-state index contributed by atoms with van der Waals surface area (Å²) in [5.74, 6) is 3.20. The molecule has 3 aliphatic rings. The summed E-state index contributed by atoms with van der Waals surface area (Å²) in [6.07, 6.45) is 7.07. The molecule has 0 aliphatic heterocycles. The van der Waals surface area contributed by atoms with E-state index in [1.54, 1.807) is 12.7 Å². The Labute approximate surface area is 127 Å². The van der Waals surface area contributed by atoms with Crippen LogP contribution in [0.5, 0.6) is 5.75 Å². The molecule has 0 heterocycles. The van der Waals surface area contributed by atoms with Crippen molar-refractivity contribution in [1.82, 2.24) is 0 Å². The average Bonchev–Trinajstić information content (AvgIpc) is 2.82. The van der Waals surface area contributed by atoms with E-state index in [1.807, 2.05) is 0 Å². The van der Waals surface area contributed by atoms with Crippen molar-refractivity contribution < 1.29 is 9.84 Å². The molecule has 1 N–H and O–H groups in total. The predicted molar refractivity (Wildman–Crippen MR) is 83.6 cm³/mol. The van der Waals surface area contributed by atoms with Gasteiger partial charge in [-0.05, 0) is 85.0 Å². The lowest BCUT2D eigenvalue weighted by Crippen LogP contribution is -2.43. The minimum Gasteiger partial charge on any atom is -0.497 e. The van der Waals surface area contributed by atoms with E-state index in [9.17, 15) is 5.11 Å². The minimum absolute atomic E-state index is 0.0688. The largest absolute Gasteiger partial charge is 0.497 e. The highest BCUT2D eigenvalue weighted by Gasteiger charge is 2.54. The first-order chi connectivity index (χ1) is 10.1. The van der Waals surface area contributed by atoms with Gasteiger partial charge < -0.3 is 9.84 Å². The summed E-state index contributed by atoms with van der Waals surface area (Å²) in [4.78, 5) is 0. The third kappa shape index (κ3) is 1.88. The molecule has 2 saturated carbocycles. The van der Waals surface area contributed by atoms with E-state index in [1.165, 1.54) is 37.7 Å². The van der Waals surface area contributed by atoms with Gasteiger partial charge in [0.05, 0.1) is 13.2 Å². The van der Waals surface area contributed by atoms with Crippen LogP contribution >= 0.6 is 0 Å². The van der Waals surface area contributed by atoms with Crippen LogP contribution in [0.25, 0.3) is 0 Å². The Hall–Kier alpha value is -1.02. The van der Waals surface area contributed by atoms with Crippen LogP contribution in [0.2, 0.25) is 0 Å². The molecular formula is C19H26O2. The molecule has 0 bridgehead atoms. The molecule has 114 valence electrons. The van der Waals surface area contributed by atoms with E-state index in [0.717, 1.165) is 24.0 Å². The fourth-order valence-electron chi connectivity index (χ4n) is 5.66. The Bertz CT molecular complexity index is 552. The molecule has 4 rings (SSSR count). The lowest BCUT2D eigenvalue weighted by molar-refractivity contribution is -0.0226. The van der Waals surface area contributed by atoms with Crippen molar-refractivity contribution >= 4 is 0 Å². The molecule has 5 atom stereocenters. The normalized spacial score (nSPS) is 41.1.